The first-order valence-corrected chi connectivity index (χ1v) is 6.15. The number of nitrogens with zero attached hydrogens (tertiary/aromatic N) is 1. The van der Waals surface area contributed by atoms with E-state index in [0.717, 1.165) is 12.1 Å². The summed E-state index contributed by atoms with van der Waals surface area (Å²) in [5.74, 6) is -1.67. The Hall–Kier alpha value is -1.79. The topological polar surface area (TPSA) is 46.3 Å². The molecule has 0 aliphatic rings. The summed E-state index contributed by atoms with van der Waals surface area (Å²) in [6.45, 7) is 0.428. The Balaban J connectivity index is 2.93. The average molecular weight is 292 g/mol. The van der Waals surface area contributed by atoms with Crippen molar-refractivity contribution in [3.8, 4) is 0 Å². The number of benzene rings is 1. The van der Waals surface area contributed by atoms with E-state index in [4.69, 9.17) is 5.73 Å². The molecule has 3 nitrogen and oxygen atoms in total. The fourth-order valence-corrected chi connectivity index (χ4v) is 1.66. The Morgan fingerprint density at radius 2 is 2.00 bits per heavy atom. The van der Waals surface area contributed by atoms with Gasteiger partial charge in [0.25, 0.3) is 5.91 Å². The van der Waals surface area contributed by atoms with Gasteiger partial charge in [0.1, 0.15) is 12.4 Å². The van der Waals surface area contributed by atoms with Crippen LogP contribution in [0, 0.1) is 5.82 Å². The van der Waals surface area contributed by atoms with E-state index in [9.17, 15) is 22.4 Å². The highest BCUT2D eigenvalue weighted by Crippen LogP contribution is 2.20. The number of carbonyl (C=O) groups excluding carboxylic acids is 1. The zero-order valence-corrected chi connectivity index (χ0v) is 11.0. The Bertz CT molecular complexity index is 474. The molecule has 0 radical (unpaired) electrons. The van der Waals surface area contributed by atoms with E-state index in [2.05, 4.69) is 0 Å². The van der Waals surface area contributed by atoms with E-state index in [1.54, 1.807) is 6.92 Å². The van der Waals surface area contributed by atoms with Gasteiger partial charge >= 0.3 is 6.18 Å². The predicted octanol–water partition coefficient (Wildman–Crippen LogP) is 3.21. The van der Waals surface area contributed by atoms with Crippen LogP contribution in [-0.4, -0.2) is 30.1 Å². The first-order valence-electron chi connectivity index (χ1n) is 6.15. The summed E-state index contributed by atoms with van der Waals surface area (Å²) in [5.41, 5.74) is 4.97. The van der Waals surface area contributed by atoms with E-state index >= 15 is 0 Å². The van der Waals surface area contributed by atoms with Gasteiger partial charge in [-0.2, -0.15) is 13.2 Å². The smallest absolute Gasteiger partial charge is 0.396 e. The van der Waals surface area contributed by atoms with Gasteiger partial charge in [-0.25, -0.2) is 4.39 Å². The largest absolute Gasteiger partial charge is 0.406 e. The molecule has 0 aliphatic carbocycles. The summed E-state index contributed by atoms with van der Waals surface area (Å²) in [6, 6.07) is 3.23. The molecule has 0 saturated carbocycles. The molecule has 0 saturated heterocycles. The number of amides is 1. The molecule has 0 bridgehead atoms. The summed E-state index contributed by atoms with van der Waals surface area (Å²) in [4.78, 5) is 12.7. The van der Waals surface area contributed by atoms with Gasteiger partial charge in [0.15, 0.2) is 0 Å². The van der Waals surface area contributed by atoms with Crippen LogP contribution in [0.2, 0.25) is 0 Å². The number of unbranched alkanes of at least 4 members (excludes halogenated alkanes) is 1. The van der Waals surface area contributed by atoms with Crippen molar-refractivity contribution < 1.29 is 22.4 Å². The maximum absolute atomic E-state index is 13.3. The summed E-state index contributed by atoms with van der Waals surface area (Å²) >= 11 is 0. The third-order valence-corrected chi connectivity index (χ3v) is 2.69. The molecule has 1 aromatic rings. The van der Waals surface area contributed by atoms with Gasteiger partial charge in [0.2, 0.25) is 0 Å². The normalized spacial score (nSPS) is 11.4. The Morgan fingerprint density at radius 1 is 1.35 bits per heavy atom. The van der Waals surface area contributed by atoms with Crippen LogP contribution in [0.4, 0.5) is 23.2 Å². The number of rotatable bonds is 5. The molecule has 0 unspecified atom stereocenters. The zero-order valence-electron chi connectivity index (χ0n) is 11.0. The van der Waals surface area contributed by atoms with Crippen LogP contribution >= 0.6 is 0 Å². The second-order valence-electron chi connectivity index (χ2n) is 4.43. The van der Waals surface area contributed by atoms with Gasteiger partial charge < -0.3 is 10.6 Å². The van der Waals surface area contributed by atoms with Crippen LogP contribution in [-0.2, 0) is 0 Å². The molecule has 1 amide bonds. The molecular weight excluding hydrogens is 276 g/mol. The van der Waals surface area contributed by atoms with Gasteiger partial charge in [-0.1, -0.05) is 13.3 Å². The number of hydrogen-bond donors (Lipinski definition) is 1. The second-order valence-corrected chi connectivity index (χ2v) is 4.43. The SMILES string of the molecule is CCCCN(CC(F)(F)F)C(=O)c1ccc(N)c(F)c1. The molecule has 0 heterocycles. The Kier molecular flexibility index (Phi) is 5.35. The van der Waals surface area contributed by atoms with Crippen molar-refractivity contribution in [2.24, 2.45) is 0 Å². The summed E-state index contributed by atoms with van der Waals surface area (Å²) in [5, 5.41) is 0. The van der Waals surface area contributed by atoms with Crippen LogP contribution in [0.1, 0.15) is 30.1 Å². The lowest BCUT2D eigenvalue weighted by Crippen LogP contribution is -2.39. The van der Waals surface area contributed by atoms with Crippen molar-refractivity contribution in [3.63, 3.8) is 0 Å². The number of hydrogen-bond acceptors (Lipinski definition) is 2. The lowest BCUT2D eigenvalue weighted by Gasteiger charge is -2.24. The number of carbonyl (C=O) groups is 1. The number of nitrogens with two attached hydrogens (primary N) is 1. The number of nitrogen functional groups attached to an aromatic ring is 1. The van der Waals surface area contributed by atoms with E-state index in [-0.39, 0.29) is 17.8 Å². The van der Waals surface area contributed by atoms with E-state index < -0.39 is 24.4 Å². The van der Waals surface area contributed by atoms with Crippen molar-refractivity contribution in [2.45, 2.75) is 25.9 Å². The monoisotopic (exact) mass is 292 g/mol. The fraction of sp³-hybridized carbons (Fsp3) is 0.462. The van der Waals surface area contributed by atoms with Crippen molar-refractivity contribution in [1.82, 2.24) is 4.90 Å². The van der Waals surface area contributed by atoms with Crippen molar-refractivity contribution in [2.75, 3.05) is 18.8 Å². The zero-order chi connectivity index (χ0) is 15.3. The summed E-state index contributed by atoms with van der Waals surface area (Å²) in [7, 11) is 0. The maximum atomic E-state index is 13.3. The van der Waals surface area contributed by atoms with Gasteiger partial charge in [-0.05, 0) is 24.6 Å². The number of anilines is 1. The van der Waals surface area contributed by atoms with Crippen LogP contribution in [0.25, 0.3) is 0 Å². The second kappa shape index (κ2) is 6.58. The molecule has 0 fully saturated rings. The molecule has 112 valence electrons. The summed E-state index contributed by atoms with van der Waals surface area (Å²) in [6.07, 6.45) is -3.40. The first kappa shape index (κ1) is 16.3. The highest BCUT2D eigenvalue weighted by atomic mass is 19.4. The van der Waals surface area contributed by atoms with E-state index in [1.165, 1.54) is 6.07 Å². The van der Waals surface area contributed by atoms with Crippen LogP contribution in [0.5, 0.6) is 0 Å². The predicted molar refractivity (Wildman–Crippen MR) is 67.7 cm³/mol. The molecule has 1 aromatic carbocycles. The third kappa shape index (κ3) is 4.71. The molecule has 20 heavy (non-hydrogen) atoms. The Labute approximate surface area is 114 Å². The van der Waals surface area contributed by atoms with Gasteiger partial charge in [-0.15, -0.1) is 0 Å². The minimum atomic E-state index is -4.49. The fourth-order valence-electron chi connectivity index (χ4n) is 1.66. The number of alkyl halides is 3. The van der Waals surface area contributed by atoms with Gasteiger partial charge in [-0.3, -0.25) is 4.79 Å². The maximum Gasteiger partial charge on any atom is 0.406 e. The molecule has 0 spiro atoms. The third-order valence-electron chi connectivity index (χ3n) is 2.69. The first-order chi connectivity index (χ1) is 9.24. The molecule has 1 rings (SSSR count). The molecular formula is C13H16F4N2O. The van der Waals surface area contributed by atoms with E-state index in [0.29, 0.717) is 17.7 Å². The molecule has 7 heteroatoms. The van der Waals surface area contributed by atoms with Crippen LogP contribution in [0.3, 0.4) is 0 Å². The molecule has 0 aromatic heterocycles. The molecule has 0 aliphatic heterocycles. The van der Waals surface area contributed by atoms with Crippen LogP contribution < -0.4 is 5.73 Å². The quantitative estimate of drug-likeness (QED) is 0.669. The van der Waals surface area contributed by atoms with E-state index in [1.807, 2.05) is 0 Å². The lowest BCUT2D eigenvalue weighted by molar-refractivity contribution is -0.140. The number of halogens is 4. The average Bonchev–Trinajstić information content (AvgIpc) is 2.35. The lowest BCUT2D eigenvalue weighted by atomic mass is 10.1. The Morgan fingerprint density at radius 3 is 2.50 bits per heavy atom. The van der Waals surface area contributed by atoms with Crippen LogP contribution in [0.15, 0.2) is 18.2 Å². The standard InChI is InChI=1S/C13H16F4N2O/c1-2-3-6-19(8-13(15,16)17)12(20)9-4-5-11(18)10(14)7-9/h4-5,7H,2-3,6,8,18H2,1H3. The van der Waals surface area contributed by atoms with Crippen molar-refractivity contribution >= 4 is 11.6 Å². The van der Waals surface area contributed by atoms with Gasteiger partial charge in [0, 0.05) is 12.1 Å². The summed E-state index contributed by atoms with van der Waals surface area (Å²) < 4.78 is 50.7. The highest BCUT2D eigenvalue weighted by molar-refractivity contribution is 5.94. The minimum absolute atomic E-state index is 0.0269. The molecule has 2 N–H and O–H groups in total. The minimum Gasteiger partial charge on any atom is -0.396 e. The van der Waals surface area contributed by atoms with Crippen molar-refractivity contribution in [1.29, 1.82) is 0 Å². The van der Waals surface area contributed by atoms with Crippen molar-refractivity contribution in [3.05, 3.63) is 29.6 Å². The highest BCUT2D eigenvalue weighted by Gasteiger charge is 2.33. The molecule has 0 atom stereocenters. The van der Waals surface area contributed by atoms with Gasteiger partial charge in [0.05, 0.1) is 5.69 Å².